The molecule has 1 aliphatic carbocycles. The molecule has 1 saturated carbocycles. The molecule has 2 aromatic carbocycles. The number of fused-ring (bicyclic) bond motifs is 1. The summed E-state index contributed by atoms with van der Waals surface area (Å²) in [5.74, 6) is 1.47. The van der Waals surface area contributed by atoms with Gasteiger partial charge in [-0.1, -0.05) is 42.7 Å². The van der Waals surface area contributed by atoms with E-state index in [0.717, 1.165) is 42.1 Å². The van der Waals surface area contributed by atoms with E-state index in [1.807, 2.05) is 36.4 Å². The van der Waals surface area contributed by atoms with Crippen molar-refractivity contribution in [3.8, 4) is 5.75 Å². The number of nitrogens with zero attached hydrogens (tertiary/aromatic N) is 3. The summed E-state index contributed by atoms with van der Waals surface area (Å²) < 4.78 is 0. The molecular formula is C23H25ClN6O. The standard InChI is InChI=1S/C23H25ClN6O/c24-15-8-5-14(6-9-15)7-12-21-27-18-11-10-16(31)13-17(18)22(30-21)28-19-3-1-2-4-20(19)29-23(25)26/h5-13,19-20,31H,1-4H2,(H4,25,26,29)(H,27,28,30)/t19-,20+/m0/s1. The summed E-state index contributed by atoms with van der Waals surface area (Å²) in [5.41, 5.74) is 13.0. The summed E-state index contributed by atoms with van der Waals surface area (Å²) in [5, 5.41) is 15.0. The van der Waals surface area contributed by atoms with E-state index in [-0.39, 0.29) is 23.8 Å². The van der Waals surface area contributed by atoms with Gasteiger partial charge in [0.25, 0.3) is 0 Å². The number of phenols is 1. The van der Waals surface area contributed by atoms with Crippen molar-refractivity contribution in [2.24, 2.45) is 16.5 Å². The normalized spacial score (nSPS) is 18.9. The van der Waals surface area contributed by atoms with Crippen LogP contribution in [0.5, 0.6) is 5.75 Å². The Balaban J connectivity index is 1.69. The molecule has 3 aromatic rings. The molecule has 0 radical (unpaired) electrons. The van der Waals surface area contributed by atoms with Gasteiger partial charge in [0.05, 0.1) is 17.6 Å². The van der Waals surface area contributed by atoms with Crippen LogP contribution >= 0.6 is 11.6 Å². The van der Waals surface area contributed by atoms with Gasteiger partial charge in [-0.15, -0.1) is 0 Å². The molecule has 1 fully saturated rings. The van der Waals surface area contributed by atoms with Crippen LogP contribution in [0.3, 0.4) is 0 Å². The maximum Gasteiger partial charge on any atom is 0.186 e. The van der Waals surface area contributed by atoms with Crippen molar-refractivity contribution in [3.05, 3.63) is 58.9 Å². The van der Waals surface area contributed by atoms with Gasteiger partial charge in [-0.2, -0.15) is 0 Å². The molecule has 0 amide bonds. The average Bonchev–Trinajstić information content (AvgIpc) is 2.75. The topological polar surface area (TPSA) is 122 Å². The number of aromatic nitrogens is 2. The SMILES string of the molecule is NC(N)=N[C@@H]1CCCC[C@@H]1Nc1nc(C=Cc2ccc(Cl)cc2)nc2ccc(O)cc12. The quantitative estimate of drug-likeness (QED) is 0.352. The smallest absolute Gasteiger partial charge is 0.186 e. The summed E-state index contributed by atoms with van der Waals surface area (Å²) in [7, 11) is 0. The first kappa shape index (κ1) is 20.9. The van der Waals surface area contributed by atoms with Crippen molar-refractivity contribution >= 4 is 46.4 Å². The van der Waals surface area contributed by atoms with Gasteiger partial charge in [0.1, 0.15) is 11.6 Å². The second-order valence-electron chi connectivity index (χ2n) is 7.67. The van der Waals surface area contributed by atoms with Crippen molar-refractivity contribution in [1.82, 2.24) is 9.97 Å². The first-order chi connectivity index (χ1) is 15.0. The van der Waals surface area contributed by atoms with E-state index in [9.17, 15) is 5.11 Å². The zero-order chi connectivity index (χ0) is 21.8. The molecule has 0 spiro atoms. The fraction of sp³-hybridized carbons (Fsp3) is 0.261. The van der Waals surface area contributed by atoms with Gasteiger partial charge in [-0.05, 0) is 54.8 Å². The molecule has 4 rings (SSSR count). The molecule has 1 heterocycles. The van der Waals surface area contributed by atoms with Gasteiger partial charge in [0.15, 0.2) is 11.8 Å². The minimum atomic E-state index is -0.0193. The second-order valence-corrected chi connectivity index (χ2v) is 8.11. The highest BCUT2D eigenvalue weighted by Gasteiger charge is 2.26. The van der Waals surface area contributed by atoms with Crippen LogP contribution in [0.1, 0.15) is 37.1 Å². The first-order valence-electron chi connectivity index (χ1n) is 10.3. The number of guanidine groups is 1. The zero-order valence-electron chi connectivity index (χ0n) is 17.0. The Kier molecular flexibility index (Phi) is 6.23. The van der Waals surface area contributed by atoms with E-state index in [4.69, 9.17) is 28.1 Å². The number of aliphatic imine (C=N–C) groups is 1. The molecule has 1 aromatic heterocycles. The maximum absolute atomic E-state index is 10.0. The van der Waals surface area contributed by atoms with Crippen LogP contribution in [0, 0.1) is 0 Å². The minimum absolute atomic E-state index is 0.0193. The van der Waals surface area contributed by atoms with Gasteiger partial charge in [-0.25, -0.2) is 15.0 Å². The lowest BCUT2D eigenvalue weighted by Gasteiger charge is -2.30. The third kappa shape index (κ3) is 5.24. The summed E-state index contributed by atoms with van der Waals surface area (Å²) in [6.45, 7) is 0. The molecule has 0 unspecified atom stereocenters. The third-order valence-corrected chi connectivity index (χ3v) is 5.61. The number of benzene rings is 2. The van der Waals surface area contributed by atoms with Crippen LogP contribution < -0.4 is 16.8 Å². The Labute approximate surface area is 185 Å². The average molecular weight is 437 g/mol. The zero-order valence-corrected chi connectivity index (χ0v) is 17.8. The maximum atomic E-state index is 10.0. The van der Waals surface area contributed by atoms with Crippen molar-refractivity contribution in [2.45, 2.75) is 37.8 Å². The molecule has 2 atom stereocenters. The number of rotatable bonds is 5. The predicted octanol–water partition coefficient (Wildman–Crippen LogP) is 4.16. The second kappa shape index (κ2) is 9.22. The summed E-state index contributed by atoms with van der Waals surface area (Å²) in [6, 6.07) is 12.6. The van der Waals surface area contributed by atoms with Crippen molar-refractivity contribution in [3.63, 3.8) is 0 Å². The molecule has 0 aliphatic heterocycles. The molecule has 160 valence electrons. The van der Waals surface area contributed by atoms with Gasteiger partial charge in [0.2, 0.25) is 0 Å². The highest BCUT2D eigenvalue weighted by molar-refractivity contribution is 6.30. The Morgan fingerprint density at radius 1 is 1.06 bits per heavy atom. The molecule has 8 heteroatoms. The number of nitrogens with one attached hydrogen (secondary N) is 1. The summed E-state index contributed by atoms with van der Waals surface area (Å²) in [6.07, 6.45) is 7.81. The van der Waals surface area contributed by atoms with Crippen LogP contribution in [0.15, 0.2) is 47.5 Å². The number of hydrogen-bond donors (Lipinski definition) is 4. The Hall–Kier alpha value is -3.32. The van der Waals surface area contributed by atoms with E-state index in [1.165, 1.54) is 0 Å². The fourth-order valence-corrected chi connectivity index (χ4v) is 3.99. The number of hydrogen-bond acceptors (Lipinski definition) is 5. The molecule has 1 aliphatic rings. The van der Waals surface area contributed by atoms with E-state index in [2.05, 4.69) is 15.3 Å². The lowest BCUT2D eigenvalue weighted by atomic mass is 9.90. The fourth-order valence-electron chi connectivity index (χ4n) is 3.86. The Bertz CT molecular complexity index is 1120. The van der Waals surface area contributed by atoms with E-state index >= 15 is 0 Å². The van der Waals surface area contributed by atoms with Crippen molar-refractivity contribution in [1.29, 1.82) is 0 Å². The van der Waals surface area contributed by atoms with Gasteiger partial charge < -0.3 is 21.9 Å². The van der Waals surface area contributed by atoms with E-state index in [0.29, 0.717) is 16.7 Å². The third-order valence-electron chi connectivity index (χ3n) is 5.36. The lowest BCUT2D eigenvalue weighted by Crippen LogP contribution is -2.38. The number of halogens is 1. The molecule has 6 N–H and O–H groups in total. The van der Waals surface area contributed by atoms with Crippen LogP contribution in [0.25, 0.3) is 23.1 Å². The van der Waals surface area contributed by atoms with Gasteiger partial charge in [0, 0.05) is 10.4 Å². The van der Waals surface area contributed by atoms with Crippen LogP contribution in [0.2, 0.25) is 5.02 Å². The summed E-state index contributed by atoms with van der Waals surface area (Å²) in [4.78, 5) is 13.8. The number of nitrogens with two attached hydrogens (primary N) is 2. The molecule has 31 heavy (non-hydrogen) atoms. The van der Waals surface area contributed by atoms with Gasteiger partial charge in [-0.3, -0.25) is 0 Å². The molecule has 0 saturated heterocycles. The monoisotopic (exact) mass is 436 g/mol. The largest absolute Gasteiger partial charge is 0.508 e. The molecule has 7 nitrogen and oxygen atoms in total. The van der Waals surface area contributed by atoms with Crippen LogP contribution in [-0.2, 0) is 0 Å². The van der Waals surface area contributed by atoms with Crippen molar-refractivity contribution in [2.75, 3.05) is 5.32 Å². The first-order valence-corrected chi connectivity index (χ1v) is 10.7. The number of anilines is 1. The number of phenolic OH excluding ortho intramolecular Hbond substituents is 1. The number of aromatic hydroxyl groups is 1. The Morgan fingerprint density at radius 2 is 1.84 bits per heavy atom. The lowest BCUT2D eigenvalue weighted by molar-refractivity contribution is 0.405. The minimum Gasteiger partial charge on any atom is -0.508 e. The molecule has 0 bridgehead atoms. The van der Waals surface area contributed by atoms with Crippen LogP contribution in [-0.4, -0.2) is 33.1 Å². The molecular weight excluding hydrogens is 412 g/mol. The Morgan fingerprint density at radius 3 is 2.61 bits per heavy atom. The predicted molar refractivity (Wildman–Crippen MR) is 127 cm³/mol. The van der Waals surface area contributed by atoms with Gasteiger partial charge >= 0.3 is 0 Å². The van der Waals surface area contributed by atoms with Crippen molar-refractivity contribution < 1.29 is 5.11 Å². The summed E-state index contributed by atoms with van der Waals surface area (Å²) >= 11 is 5.96. The van der Waals surface area contributed by atoms with Crippen LogP contribution in [0.4, 0.5) is 5.82 Å². The highest BCUT2D eigenvalue weighted by atomic mass is 35.5. The highest BCUT2D eigenvalue weighted by Crippen LogP contribution is 2.29. The van der Waals surface area contributed by atoms with E-state index in [1.54, 1.807) is 18.2 Å². The van der Waals surface area contributed by atoms with E-state index < -0.39 is 0 Å².